The number of nitrogens with one attached hydrogen (secondary N) is 2. The second-order valence-corrected chi connectivity index (χ2v) is 8.48. The quantitative estimate of drug-likeness (QED) is 0.292. The number of aryl methyl sites for hydroxylation is 1. The van der Waals surface area contributed by atoms with E-state index in [9.17, 15) is 0 Å². The Bertz CT molecular complexity index is 643. The van der Waals surface area contributed by atoms with Crippen molar-refractivity contribution in [1.29, 1.82) is 0 Å². The summed E-state index contributed by atoms with van der Waals surface area (Å²) >= 11 is 0. The van der Waals surface area contributed by atoms with Gasteiger partial charge < -0.3 is 20.1 Å². The van der Waals surface area contributed by atoms with Gasteiger partial charge >= 0.3 is 0 Å². The van der Waals surface area contributed by atoms with Crippen molar-refractivity contribution in [3.05, 3.63) is 35.4 Å². The van der Waals surface area contributed by atoms with Gasteiger partial charge in [0.1, 0.15) is 0 Å². The summed E-state index contributed by atoms with van der Waals surface area (Å²) in [5, 5.41) is 7.16. The molecular formula is C23H39IN4O2. The monoisotopic (exact) mass is 530 g/mol. The molecule has 1 saturated carbocycles. The minimum Gasteiger partial charge on any atom is -0.385 e. The topological polar surface area (TPSA) is 58.1 Å². The van der Waals surface area contributed by atoms with Crippen molar-refractivity contribution in [2.75, 3.05) is 60.2 Å². The second-order valence-electron chi connectivity index (χ2n) is 8.48. The van der Waals surface area contributed by atoms with Crippen LogP contribution in [0.1, 0.15) is 42.9 Å². The zero-order valence-corrected chi connectivity index (χ0v) is 21.1. The van der Waals surface area contributed by atoms with Gasteiger partial charge in [0.15, 0.2) is 5.96 Å². The van der Waals surface area contributed by atoms with Gasteiger partial charge in [-0.2, -0.15) is 0 Å². The van der Waals surface area contributed by atoms with E-state index in [1.165, 1.54) is 30.4 Å². The van der Waals surface area contributed by atoms with Gasteiger partial charge in [0.25, 0.3) is 0 Å². The molecule has 1 saturated heterocycles. The van der Waals surface area contributed by atoms with Gasteiger partial charge in [-0.25, -0.2) is 0 Å². The van der Waals surface area contributed by atoms with Crippen LogP contribution in [0, 0.1) is 12.3 Å². The Kier molecular flexibility index (Phi) is 10.8. The first kappa shape index (κ1) is 25.4. The van der Waals surface area contributed by atoms with Crippen molar-refractivity contribution in [3.8, 4) is 0 Å². The molecule has 1 aliphatic carbocycles. The molecule has 1 heterocycles. The smallest absolute Gasteiger partial charge is 0.191 e. The minimum absolute atomic E-state index is 0. The summed E-state index contributed by atoms with van der Waals surface area (Å²) in [6, 6.07) is 9.21. The molecule has 2 fully saturated rings. The Hall–Kier alpha value is -0.900. The van der Waals surface area contributed by atoms with E-state index in [0.29, 0.717) is 11.5 Å². The van der Waals surface area contributed by atoms with Crippen LogP contribution in [0.3, 0.4) is 0 Å². The average Bonchev–Trinajstić information content (AvgIpc) is 2.73. The van der Waals surface area contributed by atoms with E-state index in [4.69, 9.17) is 9.47 Å². The summed E-state index contributed by atoms with van der Waals surface area (Å²) in [4.78, 5) is 6.99. The first-order chi connectivity index (χ1) is 14.2. The Balaban J connectivity index is 0.00000320. The molecule has 0 radical (unpaired) electrons. The van der Waals surface area contributed by atoms with Gasteiger partial charge in [-0.3, -0.25) is 9.89 Å². The number of benzene rings is 1. The molecule has 0 aromatic heterocycles. The molecule has 170 valence electrons. The first-order valence-corrected chi connectivity index (χ1v) is 11.0. The number of guanidine groups is 1. The summed E-state index contributed by atoms with van der Waals surface area (Å²) < 4.78 is 10.9. The molecule has 1 aromatic rings. The molecule has 1 aromatic carbocycles. The lowest BCUT2D eigenvalue weighted by Gasteiger charge is -2.42. The van der Waals surface area contributed by atoms with E-state index in [1.807, 2.05) is 7.05 Å². The van der Waals surface area contributed by atoms with Crippen molar-refractivity contribution >= 4 is 29.9 Å². The van der Waals surface area contributed by atoms with Gasteiger partial charge in [-0.15, -0.1) is 24.0 Å². The standard InChI is InChI=1S/C23H38N4O2.HI/c1-19-5-7-20(8-6-19)21(27-12-15-29-16-13-27)17-25-22(24-2)26-18-23(9-4-10-23)11-14-28-3;/h5-8,21H,4,9-18H2,1-3H3,(H2,24,25,26);1H. The summed E-state index contributed by atoms with van der Waals surface area (Å²) in [6.07, 6.45) is 5.00. The van der Waals surface area contributed by atoms with Gasteiger partial charge in [0, 0.05) is 46.9 Å². The fourth-order valence-corrected chi connectivity index (χ4v) is 4.33. The van der Waals surface area contributed by atoms with Gasteiger partial charge in [-0.05, 0) is 37.2 Å². The lowest BCUT2D eigenvalue weighted by molar-refractivity contribution is 0.0169. The second kappa shape index (κ2) is 12.8. The van der Waals surface area contributed by atoms with E-state index in [2.05, 4.69) is 51.7 Å². The van der Waals surface area contributed by atoms with Gasteiger partial charge in [-0.1, -0.05) is 36.2 Å². The van der Waals surface area contributed by atoms with Crippen molar-refractivity contribution < 1.29 is 9.47 Å². The Morgan fingerprint density at radius 1 is 1.20 bits per heavy atom. The van der Waals surface area contributed by atoms with Crippen LogP contribution in [0.15, 0.2) is 29.3 Å². The molecule has 1 atom stereocenters. The molecular weight excluding hydrogens is 491 g/mol. The number of hydrogen-bond donors (Lipinski definition) is 2. The molecule has 30 heavy (non-hydrogen) atoms. The normalized spacial score (nSPS) is 20.0. The molecule has 1 aliphatic heterocycles. The number of ether oxygens (including phenoxy) is 2. The lowest BCUT2D eigenvalue weighted by Crippen LogP contribution is -2.49. The van der Waals surface area contributed by atoms with Gasteiger partial charge in [0.2, 0.25) is 0 Å². The van der Waals surface area contributed by atoms with Crippen molar-refractivity contribution in [2.45, 2.75) is 38.6 Å². The van der Waals surface area contributed by atoms with E-state index >= 15 is 0 Å². The van der Waals surface area contributed by atoms with Crippen LogP contribution in [0.2, 0.25) is 0 Å². The predicted molar refractivity (Wildman–Crippen MR) is 134 cm³/mol. The highest BCUT2D eigenvalue weighted by Crippen LogP contribution is 2.43. The predicted octanol–water partition coefficient (Wildman–Crippen LogP) is 3.36. The number of rotatable bonds is 9. The molecule has 0 spiro atoms. The number of hydrogen-bond acceptors (Lipinski definition) is 4. The molecule has 3 rings (SSSR count). The van der Waals surface area contributed by atoms with Crippen LogP contribution < -0.4 is 10.6 Å². The largest absolute Gasteiger partial charge is 0.385 e. The molecule has 0 bridgehead atoms. The maximum absolute atomic E-state index is 5.57. The van der Waals surface area contributed by atoms with Crippen molar-refractivity contribution in [3.63, 3.8) is 0 Å². The molecule has 0 amide bonds. The summed E-state index contributed by atoms with van der Waals surface area (Å²) in [7, 11) is 3.64. The zero-order chi connectivity index (χ0) is 20.5. The first-order valence-electron chi connectivity index (χ1n) is 11.0. The number of morpholine rings is 1. The Morgan fingerprint density at radius 3 is 2.47 bits per heavy atom. The van der Waals surface area contributed by atoms with E-state index in [0.717, 1.165) is 58.4 Å². The number of halogens is 1. The molecule has 1 unspecified atom stereocenters. The van der Waals surface area contributed by atoms with Crippen LogP contribution in [-0.2, 0) is 9.47 Å². The number of nitrogens with zero attached hydrogens (tertiary/aromatic N) is 2. The molecule has 6 nitrogen and oxygen atoms in total. The van der Waals surface area contributed by atoms with Crippen LogP contribution in [-0.4, -0.2) is 71.0 Å². The van der Waals surface area contributed by atoms with E-state index < -0.39 is 0 Å². The zero-order valence-electron chi connectivity index (χ0n) is 18.8. The summed E-state index contributed by atoms with van der Waals surface area (Å²) in [6.45, 7) is 8.29. The fourth-order valence-electron chi connectivity index (χ4n) is 4.33. The summed E-state index contributed by atoms with van der Waals surface area (Å²) in [5.74, 6) is 0.888. The Morgan fingerprint density at radius 2 is 1.90 bits per heavy atom. The third-order valence-electron chi connectivity index (χ3n) is 6.52. The van der Waals surface area contributed by atoms with E-state index in [1.54, 1.807) is 7.11 Å². The lowest BCUT2D eigenvalue weighted by atomic mass is 9.67. The third kappa shape index (κ3) is 7.07. The summed E-state index contributed by atoms with van der Waals surface area (Å²) in [5.41, 5.74) is 3.01. The van der Waals surface area contributed by atoms with Crippen LogP contribution in [0.5, 0.6) is 0 Å². The number of methoxy groups -OCH3 is 1. The third-order valence-corrected chi connectivity index (χ3v) is 6.52. The minimum atomic E-state index is 0. The van der Waals surface area contributed by atoms with Crippen LogP contribution >= 0.6 is 24.0 Å². The highest BCUT2D eigenvalue weighted by atomic mass is 127. The fraction of sp³-hybridized carbons (Fsp3) is 0.696. The van der Waals surface area contributed by atoms with Gasteiger partial charge in [0.05, 0.1) is 19.3 Å². The van der Waals surface area contributed by atoms with Crippen molar-refractivity contribution in [1.82, 2.24) is 15.5 Å². The average molecular weight is 530 g/mol. The number of aliphatic imine (C=N–C) groups is 1. The maximum atomic E-state index is 5.57. The molecule has 2 aliphatic rings. The highest BCUT2D eigenvalue weighted by Gasteiger charge is 2.36. The highest BCUT2D eigenvalue weighted by molar-refractivity contribution is 14.0. The molecule has 2 N–H and O–H groups in total. The SMILES string of the molecule is CN=C(NCC(c1ccc(C)cc1)N1CCOCC1)NCC1(CCOC)CCC1.I. The maximum Gasteiger partial charge on any atom is 0.191 e. The van der Waals surface area contributed by atoms with Crippen molar-refractivity contribution in [2.24, 2.45) is 10.4 Å². The Labute approximate surface area is 199 Å². The van der Waals surface area contributed by atoms with Crippen LogP contribution in [0.4, 0.5) is 0 Å². The molecule has 7 heteroatoms. The van der Waals surface area contributed by atoms with Crippen LogP contribution in [0.25, 0.3) is 0 Å². The van der Waals surface area contributed by atoms with E-state index in [-0.39, 0.29) is 24.0 Å².